The molecule has 0 saturated heterocycles. The average molecular weight is 270 g/mol. The van der Waals surface area contributed by atoms with Crippen molar-refractivity contribution in [3.63, 3.8) is 0 Å². The van der Waals surface area contributed by atoms with Crippen LogP contribution in [0.1, 0.15) is 16.7 Å². The molecule has 0 unspecified atom stereocenters. The fourth-order valence-corrected chi connectivity index (χ4v) is 2.08. The molecule has 0 saturated carbocycles. The Morgan fingerprint density at radius 1 is 1.00 bits per heavy atom. The highest BCUT2D eigenvalue weighted by Crippen LogP contribution is 2.32. The van der Waals surface area contributed by atoms with Crippen LogP contribution in [-0.4, -0.2) is 19.3 Å². The van der Waals surface area contributed by atoms with Gasteiger partial charge in [0.1, 0.15) is 5.75 Å². The molecule has 20 heavy (non-hydrogen) atoms. The molecule has 3 heteroatoms. The summed E-state index contributed by atoms with van der Waals surface area (Å²) in [7, 11) is 3.16. The van der Waals surface area contributed by atoms with Crippen LogP contribution >= 0.6 is 0 Å². The van der Waals surface area contributed by atoms with Gasteiger partial charge in [-0.05, 0) is 53.5 Å². The van der Waals surface area contributed by atoms with Gasteiger partial charge in [-0.2, -0.15) is 0 Å². The largest absolute Gasteiger partial charge is 0.504 e. The van der Waals surface area contributed by atoms with E-state index in [2.05, 4.69) is 6.58 Å². The lowest BCUT2D eigenvalue weighted by Gasteiger charge is -2.11. The van der Waals surface area contributed by atoms with Crippen molar-refractivity contribution in [2.75, 3.05) is 14.2 Å². The maximum absolute atomic E-state index is 9.85. The van der Waals surface area contributed by atoms with Crippen LogP contribution in [-0.2, 0) is 0 Å². The Morgan fingerprint density at radius 2 is 1.75 bits per heavy atom. The molecule has 2 rings (SSSR count). The van der Waals surface area contributed by atoms with E-state index < -0.39 is 0 Å². The van der Waals surface area contributed by atoms with Gasteiger partial charge in [0.25, 0.3) is 0 Å². The molecule has 3 nitrogen and oxygen atoms in total. The van der Waals surface area contributed by atoms with Crippen LogP contribution in [0.4, 0.5) is 0 Å². The van der Waals surface area contributed by atoms with Gasteiger partial charge in [0.15, 0.2) is 11.5 Å². The summed E-state index contributed by atoms with van der Waals surface area (Å²) in [6, 6.07) is 11.2. The van der Waals surface area contributed by atoms with Crippen LogP contribution in [0.25, 0.3) is 5.57 Å². The maximum atomic E-state index is 9.85. The number of aryl methyl sites for hydroxylation is 1. The van der Waals surface area contributed by atoms with Crippen LogP contribution in [0.15, 0.2) is 43.0 Å². The van der Waals surface area contributed by atoms with E-state index in [1.807, 2.05) is 31.2 Å². The van der Waals surface area contributed by atoms with Crippen molar-refractivity contribution in [2.45, 2.75) is 6.92 Å². The van der Waals surface area contributed by atoms with Crippen LogP contribution in [0, 0.1) is 6.92 Å². The Bertz CT molecular complexity index is 645. The average Bonchev–Trinajstić information content (AvgIpc) is 2.45. The van der Waals surface area contributed by atoms with Gasteiger partial charge < -0.3 is 14.6 Å². The van der Waals surface area contributed by atoms with Crippen LogP contribution in [0.3, 0.4) is 0 Å². The molecule has 0 aliphatic carbocycles. The summed E-state index contributed by atoms with van der Waals surface area (Å²) < 4.78 is 10.3. The lowest BCUT2D eigenvalue weighted by Crippen LogP contribution is -1.91. The summed E-state index contributed by atoms with van der Waals surface area (Å²) in [6.07, 6.45) is 0. The summed E-state index contributed by atoms with van der Waals surface area (Å²) in [5, 5.41) is 9.85. The van der Waals surface area contributed by atoms with Crippen molar-refractivity contribution in [3.05, 3.63) is 59.7 Å². The molecule has 0 amide bonds. The second-order valence-corrected chi connectivity index (χ2v) is 4.60. The molecule has 0 aliphatic rings. The number of benzene rings is 2. The lowest BCUT2D eigenvalue weighted by atomic mass is 9.97. The van der Waals surface area contributed by atoms with Crippen LogP contribution < -0.4 is 9.47 Å². The quantitative estimate of drug-likeness (QED) is 0.919. The fourth-order valence-electron chi connectivity index (χ4n) is 2.08. The Morgan fingerprint density at radius 3 is 2.35 bits per heavy atom. The van der Waals surface area contributed by atoms with Crippen molar-refractivity contribution in [2.24, 2.45) is 0 Å². The third-order valence-corrected chi connectivity index (χ3v) is 3.16. The summed E-state index contributed by atoms with van der Waals surface area (Å²) in [5.41, 5.74) is 3.73. The van der Waals surface area contributed by atoms with E-state index in [-0.39, 0.29) is 5.75 Å². The first-order chi connectivity index (χ1) is 9.55. The van der Waals surface area contributed by atoms with Gasteiger partial charge in [-0.25, -0.2) is 0 Å². The maximum Gasteiger partial charge on any atom is 0.160 e. The van der Waals surface area contributed by atoms with Crippen molar-refractivity contribution in [1.29, 1.82) is 0 Å². The van der Waals surface area contributed by atoms with Gasteiger partial charge >= 0.3 is 0 Å². The Hall–Kier alpha value is -2.42. The third-order valence-electron chi connectivity index (χ3n) is 3.16. The van der Waals surface area contributed by atoms with E-state index in [1.54, 1.807) is 19.2 Å². The molecular weight excluding hydrogens is 252 g/mol. The zero-order valence-electron chi connectivity index (χ0n) is 11.9. The topological polar surface area (TPSA) is 38.7 Å². The molecule has 0 atom stereocenters. The molecule has 0 heterocycles. The predicted octanol–water partition coefficient (Wildman–Crippen LogP) is 3.78. The first-order valence-electron chi connectivity index (χ1n) is 6.27. The van der Waals surface area contributed by atoms with Gasteiger partial charge in [-0.1, -0.05) is 18.7 Å². The molecule has 0 aliphatic heterocycles. The molecule has 1 N–H and O–H groups in total. The van der Waals surface area contributed by atoms with Crippen molar-refractivity contribution in [1.82, 2.24) is 0 Å². The van der Waals surface area contributed by atoms with Crippen LogP contribution in [0.2, 0.25) is 0 Å². The minimum atomic E-state index is 0.103. The molecular formula is C17H18O3. The van der Waals surface area contributed by atoms with Crippen molar-refractivity contribution < 1.29 is 14.6 Å². The van der Waals surface area contributed by atoms with Gasteiger partial charge in [0.05, 0.1) is 14.2 Å². The number of phenols is 1. The van der Waals surface area contributed by atoms with E-state index in [4.69, 9.17) is 9.47 Å². The van der Waals surface area contributed by atoms with E-state index >= 15 is 0 Å². The molecule has 104 valence electrons. The van der Waals surface area contributed by atoms with Crippen LogP contribution in [0.5, 0.6) is 17.2 Å². The molecule has 2 aromatic rings. The monoisotopic (exact) mass is 270 g/mol. The van der Waals surface area contributed by atoms with E-state index in [0.29, 0.717) is 5.75 Å². The number of ether oxygens (including phenoxy) is 2. The van der Waals surface area contributed by atoms with Gasteiger partial charge in [-0.3, -0.25) is 0 Å². The molecule has 0 fully saturated rings. The summed E-state index contributed by atoms with van der Waals surface area (Å²) >= 11 is 0. The summed E-state index contributed by atoms with van der Waals surface area (Å²) in [5.74, 6) is 1.34. The zero-order chi connectivity index (χ0) is 14.7. The molecule has 0 spiro atoms. The number of phenolic OH excluding ortho intramolecular Hbond substituents is 1. The first kappa shape index (κ1) is 14.0. The second-order valence-electron chi connectivity index (χ2n) is 4.60. The summed E-state index contributed by atoms with van der Waals surface area (Å²) in [4.78, 5) is 0. The number of aromatic hydroxyl groups is 1. The van der Waals surface area contributed by atoms with E-state index in [9.17, 15) is 5.11 Å². The molecule has 0 radical (unpaired) electrons. The van der Waals surface area contributed by atoms with Gasteiger partial charge in [0, 0.05) is 0 Å². The third kappa shape index (κ3) is 2.77. The number of methoxy groups -OCH3 is 2. The predicted molar refractivity (Wildman–Crippen MR) is 80.5 cm³/mol. The summed E-state index contributed by atoms with van der Waals surface area (Å²) in [6.45, 7) is 6.11. The highest BCUT2D eigenvalue weighted by molar-refractivity contribution is 5.80. The minimum Gasteiger partial charge on any atom is -0.504 e. The fraction of sp³-hybridized carbons (Fsp3) is 0.176. The van der Waals surface area contributed by atoms with E-state index in [0.717, 1.165) is 28.0 Å². The highest BCUT2D eigenvalue weighted by Gasteiger charge is 2.08. The van der Waals surface area contributed by atoms with Gasteiger partial charge in [0.2, 0.25) is 0 Å². The van der Waals surface area contributed by atoms with E-state index in [1.165, 1.54) is 7.11 Å². The van der Waals surface area contributed by atoms with Crippen molar-refractivity contribution >= 4 is 5.57 Å². The Balaban J connectivity index is 2.40. The Labute approximate surface area is 119 Å². The highest BCUT2D eigenvalue weighted by atomic mass is 16.5. The number of hydrogen-bond acceptors (Lipinski definition) is 3. The standard InChI is InChI=1S/C17H18O3/c1-11-7-14(9-15(8-11)19-3)12(2)13-5-6-17(20-4)16(18)10-13/h5-10,18H,2H2,1,3-4H3. The number of rotatable bonds is 4. The second kappa shape index (κ2) is 5.70. The number of hydrogen-bond donors (Lipinski definition) is 1. The smallest absolute Gasteiger partial charge is 0.160 e. The minimum absolute atomic E-state index is 0.103. The Kier molecular flexibility index (Phi) is 3.99. The van der Waals surface area contributed by atoms with Gasteiger partial charge in [-0.15, -0.1) is 0 Å². The molecule has 0 aromatic heterocycles. The molecule has 0 bridgehead atoms. The van der Waals surface area contributed by atoms with Crippen molar-refractivity contribution in [3.8, 4) is 17.2 Å². The lowest BCUT2D eigenvalue weighted by molar-refractivity contribution is 0.373. The zero-order valence-corrected chi connectivity index (χ0v) is 11.9. The normalized spacial score (nSPS) is 10.2. The SMILES string of the molecule is C=C(c1cc(C)cc(OC)c1)c1ccc(OC)c(O)c1. The molecule has 2 aromatic carbocycles. The first-order valence-corrected chi connectivity index (χ1v) is 6.27.